The molecule has 6 nitrogen and oxygen atoms in total. The summed E-state index contributed by atoms with van der Waals surface area (Å²) in [6, 6.07) is 14.7. The molecular formula is C24H21FN2O4. The average Bonchev–Trinajstić information content (AvgIpc) is 3.47. The van der Waals surface area contributed by atoms with E-state index in [9.17, 15) is 14.0 Å². The minimum absolute atomic E-state index is 0.191. The number of benzene rings is 2. The number of Topliss-reactive ketones (excluding diaryl/α,β-unsaturated/α-hetero) is 1. The summed E-state index contributed by atoms with van der Waals surface area (Å²) in [7, 11) is 3.39. The van der Waals surface area contributed by atoms with Gasteiger partial charge in [0.15, 0.2) is 5.76 Å². The van der Waals surface area contributed by atoms with Gasteiger partial charge in [0, 0.05) is 23.7 Å². The number of methoxy groups -OCH3 is 1. The molecule has 0 saturated carbocycles. The number of carbonyl (C=O) groups excluding carboxylic acids is 2. The quantitative estimate of drug-likeness (QED) is 0.650. The fourth-order valence-corrected chi connectivity index (χ4v) is 5.13. The van der Waals surface area contributed by atoms with Crippen LogP contribution in [0.5, 0.6) is 5.75 Å². The van der Waals surface area contributed by atoms with E-state index >= 15 is 0 Å². The number of hydrogen-bond donors (Lipinski definition) is 1. The molecule has 2 aromatic carbocycles. The van der Waals surface area contributed by atoms with Crippen LogP contribution in [-0.2, 0) is 10.3 Å². The number of fused-ring (bicyclic) bond motifs is 2. The molecule has 1 spiro atoms. The van der Waals surface area contributed by atoms with Gasteiger partial charge in [-0.25, -0.2) is 4.39 Å². The van der Waals surface area contributed by atoms with Crippen molar-refractivity contribution in [1.82, 2.24) is 4.90 Å². The van der Waals surface area contributed by atoms with Crippen molar-refractivity contribution < 1.29 is 23.1 Å². The maximum atomic E-state index is 13.8. The predicted molar refractivity (Wildman–Crippen MR) is 112 cm³/mol. The number of carbonyl (C=O) groups is 2. The third-order valence-corrected chi connectivity index (χ3v) is 6.50. The van der Waals surface area contributed by atoms with Gasteiger partial charge in [0.1, 0.15) is 17.1 Å². The molecule has 3 heterocycles. The Morgan fingerprint density at radius 1 is 1.23 bits per heavy atom. The molecule has 3 aromatic rings. The number of amides is 1. The number of ether oxygens (including phenoxy) is 1. The summed E-state index contributed by atoms with van der Waals surface area (Å²) in [5, 5.41) is 2.94. The standard InChI is InChI=1S/C24H21FN2O4/c1-27-13-17(14-5-7-15(25)8-6-14)21(22(28)20-4-3-11-31-20)24(27)18-12-16(30-2)9-10-19(18)26-23(24)29/h3-12,17,21H,13H2,1-2H3,(H,26,29)/t17-,21+,24-/m1/s1. The molecule has 0 bridgehead atoms. The van der Waals surface area contributed by atoms with Gasteiger partial charge in [-0.3, -0.25) is 14.5 Å². The van der Waals surface area contributed by atoms with Crippen molar-refractivity contribution in [3.05, 3.63) is 83.6 Å². The lowest BCUT2D eigenvalue weighted by Gasteiger charge is -2.35. The Balaban J connectivity index is 1.73. The number of nitrogens with zero attached hydrogens (tertiary/aromatic N) is 1. The van der Waals surface area contributed by atoms with Crippen LogP contribution in [0.25, 0.3) is 0 Å². The largest absolute Gasteiger partial charge is 0.497 e. The summed E-state index contributed by atoms with van der Waals surface area (Å²) in [5.41, 5.74) is 0.884. The van der Waals surface area contributed by atoms with E-state index in [1.165, 1.54) is 18.4 Å². The van der Waals surface area contributed by atoms with E-state index in [0.29, 0.717) is 23.5 Å². The maximum Gasteiger partial charge on any atom is 0.250 e. The van der Waals surface area contributed by atoms with Crippen molar-refractivity contribution in [2.24, 2.45) is 5.92 Å². The third kappa shape index (κ3) is 2.73. The normalized spacial score (nSPS) is 24.9. The second-order valence-corrected chi connectivity index (χ2v) is 7.99. The minimum Gasteiger partial charge on any atom is -0.497 e. The van der Waals surface area contributed by atoms with Gasteiger partial charge in [-0.2, -0.15) is 0 Å². The van der Waals surface area contributed by atoms with Gasteiger partial charge in [-0.05, 0) is 55.1 Å². The van der Waals surface area contributed by atoms with Gasteiger partial charge in [0.2, 0.25) is 11.7 Å². The van der Waals surface area contributed by atoms with E-state index in [2.05, 4.69) is 5.32 Å². The van der Waals surface area contributed by atoms with Crippen LogP contribution in [0.3, 0.4) is 0 Å². The van der Waals surface area contributed by atoms with Gasteiger partial charge in [-0.15, -0.1) is 0 Å². The Morgan fingerprint density at radius 2 is 2.00 bits per heavy atom. The first-order valence-electron chi connectivity index (χ1n) is 10.0. The molecule has 7 heteroatoms. The van der Waals surface area contributed by atoms with Crippen LogP contribution in [0.15, 0.2) is 65.3 Å². The molecule has 2 aliphatic rings. The first kappa shape index (κ1) is 19.5. The van der Waals surface area contributed by atoms with Gasteiger partial charge >= 0.3 is 0 Å². The van der Waals surface area contributed by atoms with Crippen molar-refractivity contribution >= 4 is 17.4 Å². The van der Waals surface area contributed by atoms with Crippen molar-refractivity contribution in [3.8, 4) is 5.75 Å². The summed E-state index contributed by atoms with van der Waals surface area (Å²) in [6.07, 6.45) is 1.44. The van der Waals surface area contributed by atoms with Crippen LogP contribution < -0.4 is 10.1 Å². The number of halogens is 1. The minimum atomic E-state index is -1.24. The second-order valence-electron chi connectivity index (χ2n) is 7.99. The van der Waals surface area contributed by atoms with Gasteiger partial charge in [0.25, 0.3) is 0 Å². The molecule has 5 rings (SSSR count). The Kier molecular flexibility index (Phi) is 4.44. The van der Waals surface area contributed by atoms with Gasteiger partial charge in [-0.1, -0.05) is 12.1 Å². The van der Waals surface area contributed by atoms with E-state index < -0.39 is 11.5 Å². The average molecular weight is 420 g/mol. The molecule has 1 aromatic heterocycles. The maximum absolute atomic E-state index is 13.8. The van der Waals surface area contributed by atoms with Crippen molar-refractivity contribution in [2.45, 2.75) is 11.5 Å². The van der Waals surface area contributed by atoms with E-state index in [-0.39, 0.29) is 29.2 Å². The summed E-state index contributed by atoms with van der Waals surface area (Å²) in [5.74, 6) is -1.23. The summed E-state index contributed by atoms with van der Waals surface area (Å²) < 4.78 is 24.4. The molecule has 158 valence electrons. The van der Waals surface area contributed by atoms with Crippen molar-refractivity contribution in [3.63, 3.8) is 0 Å². The highest BCUT2D eigenvalue weighted by Gasteiger charge is 2.64. The van der Waals surface area contributed by atoms with E-state index in [0.717, 1.165) is 5.56 Å². The Hall–Kier alpha value is -3.45. The Morgan fingerprint density at radius 3 is 2.68 bits per heavy atom. The highest BCUT2D eigenvalue weighted by Crippen LogP contribution is 2.56. The predicted octanol–water partition coefficient (Wildman–Crippen LogP) is 3.80. The molecule has 0 radical (unpaired) electrons. The fourth-order valence-electron chi connectivity index (χ4n) is 5.13. The molecule has 3 atom stereocenters. The molecule has 31 heavy (non-hydrogen) atoms. The smallest absolute Gasteiger partial charge is 0.250 e. The number of anilines is 1. The number of likely N-dealkylation sites (tertiary alicyclic amines) is 1. The zero-order valence-corrected chi connectivity index (χ0v) is 17.1. The molecular weight excluding hydrogens is 399 g/mol. The number of rotatable bonds is 4. The summed E-state index contributed by atoms with van der Waals surface area (Å²) >= 11 is 0. The van der Waals surface area contributed by atoms with Gasteiger partial charge < -0.3 is 14.5 Å². The monoisotopic (exact) mass is 420 g/mol. The first-order valence-corrected chi connectivity index (χ1v) is 10.0. The topological polar surface area (TPSA) is 71.8 Å². The van der Waals surface area contributed by atoms with E-state index in [4.69, 9.17) is 9.15 Å². The second kappa shape index (κ2) is 7.06. The van der Waals surface area contributed by atoms with Crippen LogP contribution in [0.1, 0.15) is 27.6 Å². The number of furan rings is 1. The molecule has 0 unspecified atom stereocenters. The molecule has 2 aliphatic heterocycles. The van der Waals surface area contributed by atoms with Crippen LogP contribution in [0.2, 0.25) is 0 Å². The zero-order valence-electron chi connectivity index (χ0n) is 17.1. The Labute approximate surface area is 178 Å². The SMILES string of the molecule is COc1ccc2c(c1)[C@]1(C(=O)N2)[C@H](C(=O)c2ccco2)[C@@H](c2ccc(F)cc2)CN1C. The lowest BCUT2D eigenvalue weighted by atomic mass is 9.71. The molecule has 1 fully saturated rings. The molecule has 1 amide bonds. The highest BCUT2D eigenvalue weighted by molar-refractivity contribution is 6.11. The lowest BCUT2D eigenvalue weighted by Crippen LogP contribution is -2.51. The lowest BCUT2D eigenvalue weighted by molar-refractivity contribution is -0.126. The number of hydrogen-bond acceptors (Lipinski definition) is 5. The zero-order chi connectivity index (χ0) is 21.8. The number of ketones is 1. The highest BCUT2D eigenvalue weighted by atomic mass is 19.1. The van der Waals surface area contributed by atoms with E-state index in [1.807, 2.05) is 11.9 Å². The Bertz CT molecular complexity index is 1160. The molecule has 1 saturated heterocycles. The van der Waals surface area contributed by atoms with Crippen LogP contribution in [-0.4, -0.2) is 37.3 Å². The third-order valence-electron chi connectivity index (χ3n) is 6.50. The number of nitrogens with one attached hydrogen (secondary N) is 1. The van der Waals surface area contributed by atoms with Crippen molar-refractivity contribution in [2.75, 3.05) is 26.0 Å². The van der Waals surface area contributed by atoms with Crippen molar-refractivity contribution in [1.29, 1.82) is 0 Å². The first-order chi connectivity index (χ1) is 15.0. The van der Waals surface area contributed by atoms with Crippen LogP contribution >= 0.6 is 0 Å². The fraction of sp³-hybridized carbons (Fsp3) is 0.250. The summed E-state index contributed by atoms with van der Waals surface area (Å²) in [6.45, 7) is 0.437. The van der Waals surface area contributed by atoms with Crippen LogP contribution in [0.4, 0.5) is 10.1 Å². The molecule has 1 N–H and O–H groups in total. The number of likely N-dealkylation sites (N-methyl/N-ethyl adjacent to an activating group) is 1. The van der Waals surface area contributed by atoms with Gasteiger partial charge in [0.05, 0.1) is 19.3 Å². The van der Waals surface area contributed by atoms with E-state index in [1.54, 1.807) is 49.6 Å². The molecule has 0 aliphatic carbocycles. The van der Waals surface area contributed by atoms with Crippen LogP contribution in [0, 0.1) is 11.7 Å². The summed E-state index contributed by atoms with van der Waals surface area (Å²) in [4.78, 5) is 29.2.